The van der Waals surface area contributed by atoms with E-state index in [-0.39, 0.29) is 5.91 Å². The van der Waals surface area contributed by atoms with E-state index >= 15 is 0 Å². The zero-order valence-electron chi connectivity index (χ0n) is 14.9. The van der Waals surface area contributed by atoms with Crippen LogP contribution in [0.4, 0.5) is 0 Å². The number of methoxy groups -OCH3 is 1. The number of nitrogens with zero attached hydrogens (tertiary/aromatic N) is 3. The Bertz CT molecular complexity index is 724. The number of hydrogen-bond acceptors (Lipinski definition) is 4. The van der Waals surface area contributed by atoms with E-state index in [2.05, 4.69) is 16.0 Å². The number of aryl methyl sites for hydroxylation is 1. The van der Waals surface area contributed by atoms with Gasteiger partial charge in [0.1, 0.15) is 5.82 Å². The Morgan fingerprint density at radius 2 is 2.00 bits per heavy atom. The second kappa shape index (κ2) is 8.21. The molecule has 0 spiro atoms. The predicted octanol–water partition coefficient (Wildman–Crippen LogP) is 2.88. The average Bonchev–Trinajstić information content (AvgIpc) is 2.62. The zero-order chi connectivity index (χ0) is 17.6. The molecule has 2 heterocycles. The molecule has 0 radical (unpaired) electrons. The van der Waals surface area contributed by atoms with E-state index in [1.807, 2.05) is 42.3 Å². The summed E-state index contributed by atoms with van der Waals surface area (Å²) in [7, 11) is 1.68. The Labute approximate surface area is 149 Å². The molecule has 0 N–H and O–H groups in total. The monoisotopic (exact) mass is 339 g/mol. The molecular weight excluding hydrogens is 314 g/mol. The first-order chi connectivity index (χ1) is 12.2. The quantitative estimate of drug-likeness (QED) is 0.840. The maximum Gasteiger partial charge on any atom is 0.226 e. The van der Waals surface area contributed by atoms with Crippen molar-refractivity contribution in [2.24, 2.45) is 0 Å². The van der Waals surface area contributed by atoms with Gasteiger partial charge in [0.15, 0.2) is 0 Å². The summed E-state index contributed by atoms with van der Waals surface area (Å²) < 4.78 is 5.16. The predicted molar refractivity (Wildman–Crippen MR) is 96.2 cm³/mol. The molecule has 1 aromatic heterocycles. The van der Waals surface area contributed by atoms with Crippen molar-refractivity contribution in [2.45, 2.75) is 38.7 Å². The fraction of sp³-hybridized carbons (Fsp3) is 0.450. The maximum absolute atomic E-state index is 12.6. The van der Waals surface area contributed by atoms with Crippen molar-refractivity contribution in [2.75, 3.05) is 20.2 Å². The van der Waals surface area contributed by atoms with E-state index in [9.17, 15) is 4.79 Å². The van der Waals surface area contributed by atoms with Gasteiger partial charge in [-0.3, -0.25) is 4.79 Å². The highest BCUT2D eigenvalue weighted by Crippen LogP contribution is 2.25. The molecule has 0 aliphatic carbocycles. The van der Waals surface area contributed by atoms with Gasteiger partial charge in [0.2, 0.25) is 5.91 Å². The number of rotatable bonds is 5. The Balaban J connectivity index is 1.55. The van der Waals surface area contributed by atoms with E-state index in [1.165, 1.54) is 0 Å². The second-order valence-electron chi connectivity index (χ2n) is 6.64. The Hall–Kier alpha value is -2.27. The van der Waals surface area contributed by atoms with Crippen LogP contribution in [-0.4, -0.2) is 41.0 Å². The summed E-state index contributed by atoms with van der Waals surface area (Å²) in [6, 6.07) is 9.97. The summed E-state index contributed by atoms with van der Waals surface area (Å²) in [6.07, 6.45) is 4.13. The van der Waals surface area contributed by atoms with Crippen LogP contribution >= 0.6 is 0 Å². The molecule has 0 unspecified atom stereocenters. The molecule has 1 saturated heterocycles. The number of amides is 1. The van der Waals surface area contributed by atoms with Gasteiger partial charge in [-0.1, -0.05) is 24.3 Å². The van der Waals surface area contributed by atoms with Crippen molar-refractivity contribution in [1.29, 1.82) is 0 Å². The second-order valence-corrected chi connectivity index (χ2v) is 6.64. The van der Waals surface area contributed by atoms with Gasteiger partial charge in [0, 0.05) is 38.0 Å². The highest BCUT2D eigenvalue weighted by Gasteiger charge is 2.25. The van der Waals surface area contributed by atoms with Crippen LogP contribution in [0.2, 0.25) is 0 Å². The zero-order valence-corrected chi connectivity index (χ0v) is 14.9. The first-order valence-electron chi connectivity index (χ1n) is 8.80. The lowest BCUT2D eigenvalue weighted by molar-refractivity contribution is -0.131. The van der Waals surface area contributed by atoms with Crippen LogP contribution in [0.3, 0.4) is 0 Å². The molecule has 1 aromatic carbocycles. The molecule has 1 amide bonds. The van der Waals surface area contributed by atoms with E-state index in [0.29, 0.717) is 18.9 Å². The van der Waals surface area contributed by atoms with Crippen LogP contribution in [0, 0.1) is 6.92 Å². The number of carbonyl (C=O) groups excluding carboxylic acids is 1. The van der Waals surface area contributed by atoms with Gasteiger partial charge in [0.05, 0.1) is 13.0 Å². The molecule has 5 nitrogen and oxygen atoms in total. The molecule has 3 rings (SSSR count). The van der Waals surface area contributed by atoms with Gasteiger partial charge in [-0.2, -0.15) is 0 Å². The van der Waals surface area contributed by atoms with E-state index < -0.39 is 0 Å². The van der Waals surface area contributed by atoms with Crippen molar-refractivity contribution in [3.05, 3.63) is 59.2 Å². The number of ether oxygens (including phenoxy) is 1. The summed E-state index contributed by atoms with van der Waals surface area (Å²) in [4.78, 5) is 23.5. The Morgan fingerprint density at radius 1 is 1.24 bits per heavy atom. The molecule has 25 heavy (non-hydrogen) atoms. The first kappa shape index (κ1) is 17.5. The summed E-state index contributed by atoms with van der Waals surface area (Å²) >= 11 is 0. The van der Waals surface area contributed by atoms with E-state index in [1.54, 1.807) is 7.11 Å². The van der Waals surface area contributed by atoms with Crippen LogP contribution in [0.5, 0.6) is 0 Å². The van der Waals surface area contributed by atoms with Gasteiger partial charge in [-0.25, -0.2) is 9.97 Å². The molecule has 1 aliphatic heterocycles. The molecule has 0 saturated carbocycles. The fourth-order valence-electron chi connectivity index (χ4n) is 3.33. The molecule has 1 fully saturated rings. The van der Waals surface area contributed by atoms with Crippen molar-refractivity contribution in [1.82, 2.24) is 14.9 Å². The number of benzene rings is 1. The standard InChI is InChI=1S/C20H25N3O2/c1-15-6-9-21-20(22-15)18-7-10-23(11-8-18)19(24)13-16-4-3-5-17(12-16)14-25-2/h3-6,9,12,18H,7-8,10-11,13-14H2,1-2H3. The first-order valence-corrected chi connectivity index (χ1v) is 8.80. The van der Waals surface area contributed by atoms with Crippen molar-refractivity contribution >= 4 is 5.91 Å². The minimum Gasteiger partial charge on any atom is -0.380 e. The van der Waals surface area contributed by atoms with Gasteiger partial charge >= 0.3 is 0 Å². The summed E-state index contributed by atoms with van der Waals surface area (Å²) in [5.41, 5.74) is 3.14. The third kappa shape index (κ3) is 4.63. The number of likely N-dealkylation sites (tertiary alicyclic amines) is 1. The third-order valence-electron chi connectivity index (χ3n) is 4.68. The molecule has 2 aromatic rings. The Kier molecular flexibility index (Phi) is 5.76. The summed E-state index contributed by atoms with van der Waals surface area (Å²) in [5.74, 6) is 1.46. The lowest BCUT2D eigenvalue weighted by Crippen LogP contribution is -2.39. The smallest absolute Gasteiger partial charge is 0.226 e. The minimum atomic E-state index is 0.193. The van der Waals surface area contributed by atoms with Crippen LogP contribution in [0.1, 0.15) is 41.4 Å². The lowest BCUT2D eigenvalue weighted by Gasteiger charge is -2.31. The van der Waals surface area contributed by atoms with Crippen molar-refractivity contribution in [3.8, 4) is 0 Å². The number of carbonyl (C=O) groups is 1. The SMILES string of the molecule is COCc1cccc(CC(=O)N2CCC(c3nccc(C)n3)CC2)c1. The van der Waals surface area contributed by atoms with Gasteiger partial charge in [-0.15, -0.1) is 0 Å². The summed E-state index contributed by atoms with van der Waals surface area (Å²) in [5, 5.41) is 0. The number of piperidine rings is 1. The normalized spacial score (nSPS) is 15.4. The van der Waals surface area contributed by atoms with Gasteiger partial charge < -0.3 is 9.64 Å². The third-order valence-corrected chi connectivity index (χ3v) is 4.68. The lowest BCUT2D eigenvalue weighted by atomic mass is 9.95. The molecule has 0 atom stereocenters. The van der Waals surface area contributed by atoms with Crippen molar-refractivity contribution in [3.63, 3.8) is 0 Å². The molecule has 0 bridgehead atoms. The average molecular weight is 339 g/mol. The largest absolute Gasteiger partial charge is 0.380 e. The topological polar surface area (TPSA) is 55.3 Å². The van der Waals surface area contributed by atoms with Crippen LogP contribution in [0.15, 0.2) is 36.5 Å². The molecular formula is C20H25N3O2. The number of hydrogen-bond donors (Lipinski definition) is 0. The fourth-order valence-corrected chi connectivity index (χ4v) is 3.33. The molecule has 1 aliphatic rings. The Morgan fingerprint density at radius 3 is 2.72 bits per heavy atom. The molecule has 5 heteroatoms. The van der Waals surface area contributed by atoms with Crippen LogP contribution in [0.25, 0.3) is 0 Å². The summed E-state index contributed by atoms with van der Waals surface area (Å²) in [6.45, 7) is 4.11. The van der Waals surface area contributed by atoms with Crippen LogP contribution < -0.4 is 0 Å². The minimum absolute atomic E-state index is 0.193. The maximum atomic E-state index is 12.6. The van der Waals surface area contributed by atoms with Gasteiger partial charge in [-0.05, 0) is 37.0 Å². The highest BCUT2D eigenvalue weighted by atomic mass is 16.5. The molecule has 132 valence electrons. The highest BCUT2D eigenvalue weighted by molar-refractivity contribution is 5.78. The van der Waals surface area contributed by atoms with E-state index in [0.717, 1.165) is 48.6 Å². The van der Waals surface area contributed by atoms with Gasteiger partial charge in [0.25, 0.3) is 0 Å². The van der Waals surface area contributed by atoms with E-state index in [4.69, 9.17) is 4.74 Å². The number of aromatic nitrogens is 2. The van der Waals surface area contributed by atoms with Crippen LogP contribution in [-0.2, 0) is 22.6 Å². The van der Waals surface area contributed by atoms with Crippen molar-refractivity contribution < 1.29 is 9.53 Å².